The minimum Gasteiger partial charge on any atom is -0.365 e. The molecule has 0 bridgehead atoms. The second-order valence-corrected chi connectivity index (χ2v) is 6.02. The summed E-state index contributed by atoms with van der Waals surface area (Å²) in [4.78, 5) is 37.6. The average molecular weight is 353 g/mol. The largest absolute Gasteiger partial charge is 0.365 e. The van der Waals surface area contributed by atoms with Gasteiger partial charge in [0.1, 0.15) is 5.56 Å². The Hall–Kier alpha value is -3.42. The molecule has 0 radical (unpaired) electrons. The highest BCUT2D eigenvalue weighted by molar-refractivity contribution is 6.08. The lowest BCUT2D eigenvalue weighted by Crippen LogP contribution is -2.34. The first-order chi connectivity index (χ1) is 12.4. The van der Waals surface area contributed by atoms with Gasteiger partial charge in [-0.2, -0.15) is 5.10 Å². The van der Waals surface area contributed by atoms with Crippen molar-refractivity contribution in [1.82, 2.24) is 9.78 Å². The summed E-state index contributed by atoms with van der Waals surface area (Å²) < 4.78 is 1.40. The number of nitrogens with two attached hydrogens (primary N) is 1. The van der Waals surface area contributed by atoms with Crippen molar-refractivity contribution in [2.24, 2.45) is 12.8 Å². The predicted molar refractivity (Wildman–Crippen MR) is 97.0 cm³/mol. The zero-order valence-electron chi connectivity index (χ0n) is 14.4. The molecule has 1 aromatic carbocycles. The smallest absolute Gasteiger partial charge is 0.256 e. The van der Waals surface area contributed by atoms with Crippen molar-refractivity contribution in [3.8, 4) is 0 Å². The van der Waals surface area contributed by atoms with Crippen LogP contribution in [0.2, 0.25) is 0 Å². The van der Waals surface area contributed by atoms with Gasteiger partial charge in [0.15, 0.2) is 5.82 Å². The van der Waals surface area contributed by atoms with Gasteiger partial charge >= 0.3 is 0 Å². The van der Waals surface area contributed by atoms with Gasteiger partial charge in [0, 0.05) is 31.0 Å². The molecule has 0 fully saturated rings. The van der Waals surface area contributed by atoms with E-state index in [1.54, 1.807) is 30.1 Å². The number of carbonyl (C=O) groups excluding carboxylic acids is 3. The monoisotopic (exact) mass is 353 g/mol. The third-order valence-corrected chi connectivity index (χ3v) is 4.23. The van der Waals surface area contributed by atoms with Gasteiger partial charge in [-0.25, -0.2) is 0 Å². The van der Waals surface area contributed by atoms with Gasteiger partial charge in [-0.3, -0.25) is 19.1 Å². The number of amides is 3. The molecule has 1 aromatic heterocycles. The number of rotatable bonds is 4. The van der Waals surface area contributed by atoms with Crippen molar-refractivity contribution in [1.29, 1.82) is 0 Å². The molecule has 0 aliphatic carbocycles. The lowest BCUT2D eigenvalue weighted by atomic mass is 9.98. The maximum atomic E-state index is 12.5. The Labute approximate surface area is 150 Å². The summed E-state index contributed by atoms with van der Waals surface area (Å²) >= 11 is 0. The van der Waals surface area contributed by atoms with E-state index in [9.17, 15) is 14.4 Å². The second-order valence-electron chi connectivity index (χ2n) is 6.02. The number of hydrogen-bond acceptors (Lipinski definition) is 4. The molecule has 26 heavy (non-hydrogen) atoms. The molecule has 2 heterocycles. The fourth-order valence-electron chi connectivity index (χ4n) is 3.02. The maximum absolute atomic E-state index is 12.5. The number of primary amides is 1. The third kappa shape index (κ3) is 3.21. The van der Waals surface area contributed by atoms with E-state index >= 15 is 0 Å². The van der Waals surface area contributed by atoms with Crippen molar-refractivity contribution >= 4 is 29.2 Å². The first kappa shape index (κ1) is 17.4. The third-order valence-electron chi connectivity index (χ3n) is 4.23. The number of hydrogen-bond donors (Lipinski definition) is 2. The van der Waals surface area contributed by atoms with Gasteiger partial charge in [-0.05, 0) is 42.7 Å². The van der Waals surface area contributed by atoms with E-state index in [4.69, 9.17) is 5.73 Å². The van der Waals surface area contributed by atoms with Crippen molar-refractivity contribution in [3.63, 3.8) is 0 Å². The fourth-order valence-corrected chi connectivity index (χ4v) is 3.02. The number of aryl methyl sites for hydroxylation is 2. The highest BCUT2D eigenvalue weighted by atomic mass is 16.2. The van der Waals surface area contributed by atoms with Crippen LogP contribution in [0.1, 0.15) is 32.7 Å². The average Bonchev–Trinajstić information content (AvgIpc) is 3.00. The van der Waals surface area contributed by atoms with Crippen LogP contribution in [0.5, 0.6) is 0 Å². The first-order valence-electron chi connectivity index (χ1n) is 8.12. The lowest BCUT2D eigenvalue weighted by molar-refractivity contribution is -0.114. The zero-order valence-corrected chi connectivity index (χ0v) is 14.4. The summed E-state index contributed by atoms with van der Waals surface area (Å²) in [5.41, 5.74) is 7.55. The van der Waals surface area contributed by atoms with Gasteiger partial charge in [0.2, 0.25) is 5.91 Å². The molecule has 3 amide bonds. The second kappa shape index (κ2) is 6.83. The van der Waals surface area contributed by atoms with Gasteiger partial charge in [0.25, 0.3) is 11.8 Å². The molecule has 8 nitrogen and oxygen atoms in total. The number of carbonyl (C=O) groups is 3. The molecule has 0 saturated heterocycles. The Kier molecular flexibility index (Phi) is 4.57. The number of anilines is 2. The number of benzene rings is 1. The SMILES string of the molecule is C=CC(=O)N1CCCc2cc(C(=O)Nc3nn(C)cc3C(N)=O)ccc21. The predicted octanol–water partition coefficient (Wildman–Crippen LogP) is 1.24. The maximum Gasteiger partial charge on any atom is 0.256 e. The van der Waals surface area contributed by atoms with E-state index in [1.165, 1.54) is 17.0 Å². The molecule has 0 spiro atoms. The normalized spacial score (nSPS) is 13.0. The van der Waals surface area contributed by atoms with Crippen LogP contribution in [0.4, 0.5) is 11.5 Å². The Balaban J connectivity index is 1.87. The molecule has 0 atom stereocenters. The molecule has 3 rings (SSSR count). The van der Waals surface area contributed by atoms with Gasteiger partial charge in [-0.15, -0.1) is 0 Å². The topological polar surface area (TPSA) is 110 Å². The van der Waals surface area contributed by atoms with Crippen LogP contribution in [-0.2, 0) is 18.3 Å². The van der Waals surface area contributed by atoms with Crippen LogP contribution in [0.3, 0.4) is 0 Å². The van der Waals surface area contributed by atoms with Gasteiger partial charge < -0.3 is 16.0 Å². The molecule has 0 saturated carbocycles. The molecular formula is C18H19N5O3. The van der Waals surface area contributed by atoms with Crippen molar-refractivity contribution in [2.45, 2.75) is 12.8 Å². The summed E-state index contributed by atoms with van der Waals surface area (Å²) in [7, 11) is 1.63. The summed E-state index contributed by atoms with van der Waals surface area (Å²) in [6.07, 6.45) is 4.31. The molecule has 0 unspecified atom stereocenters. The molecular weight excluding hydrogens is 334 g/mol. The van der Waals surface area contributed by atoms with E-state index < -0.39 is 11.8 Å². The van der Waals surface area contributed by atoms with E-state index in [-0.39, 0.29) is 17.3 Å². The van der Waals surface area contributed by atoms with Crippen LogP contribution in [0.15, 0.2) is 37.1 Å². The van der Waals surface area contributed by atoms with Crippen LogP contribution in [-0.4, -0.2) is 34.0 Å². The van der Waals surface area contributed by atoms with Crippen LogP contribution >= 0.6 is 0 Å². The summed E-state index contributed by atoms with van der Waals surface area (Å²) in [6, 6.07) is 5.13. The zero-order chi connectivity index (χ0) is 18.8. The quantitative estimate of drug-likeness (QED) is 0.806. The summed E-state index contributed by atoms with van der Waals surface area (Å²) in [6.45, 7) is 4.15. The Morgan fingerprint density at radius 1 is 1.35 bits per heavy atom. The number of nitrogens with zero attached hydrogens (tertiary/aromatic N) is 3. The Bertz CT molecular complexity index is 916. The van der Waals surface area contributed by atoms with E-state index in [2.05, 4.69) is 17.0 Å². The van der Waals surface area contributed by atoms with E-state index in [1.807, 2.05) is 0 Å². The molecule has 8 heteroatoms. The molecule has 2 aromatic rings. The standard InChI is InChI=1S/C18H19N5O3/c1-3-15(24)23-8-4-5-11-9-12(6-7-14(11)23)18(26)20-17-13(16(19)25)10-22(2)21-17/h3,6-7,9-10H,1,4-5,8H2,2H3,(H2,19,25)(H,20,21,26). The number of nitrogens with one attached hydrogen (secondary N) is 1. The van der Waals surface area contributed by atoms with Gasteiger partial charge in [-0.1, -0.05) is 6.58 Å². The van der Waals surface area contributed by atoms with Crippen molar-refractivity contribution in [3.05, 3.63) is 53.7 Å². The van der Waals surface area contributed by atoms with Crippen LogP contribution in [0, 0.1) is 0 Å². The van der Waals surface area contributed by atoms with E-state index in [0.717, 1.165) is 24.1 Å². The fraction of sp³-hybridized carbons (Fsp3) is 0.222. The van der Waals surface area contributed by atoms with E-state index in [0.29, 0.717) is 12.1 Å². The van der Waals surface area contributed by atoms with Crippen molar-refractivity contribution < 1.29 is 14.4 Å². The molecule has 1 aliphatic rings. The number of fused-ring (bicyclic) bond motifs is 1. The Morgan fingerprint density at radius 2 is 2.12 bits per heavy atom. The van der Waals surface area contributed by atoms with Crippen LogP contribution < -0.4 is 16.0 Å². The number of aromatic nitrogens is 2. The first-order valence-corrected chi connectivity index (χ1v) is 8.12. The summed E-state index contributed by atoms with van der Waals surface area (Å²) in [5, 5.41) is 6.66. The Morgan fingerprint density at radius 3 is 2.81 bits per heavy atom. The van der Waals surface area contributed by atoms with Gasteiger partial charge in [0.05, 0.1) is 0 Å². The molecule has 1 aliphatic heterocycles. The minimum absolute atomic E-state index is 0.117. The summed E-state index contributed by atoms with van der Waals surface area (Å²) in [5.74, 6) is -1.12. The molecule has 3 N–H and O–H groups in total. The highest BCUT2D eigenvalue weighted by Gasteiger charge is 2.22. The molecule has 134 valence electrons. The van der Waals surface area contributed by atoms with Crippen LogP contribution in [0.25, 0.3) is 0 Å². The highest BCUT2D eigenvalue weighted by Crippen LogP contribution is 2.28. The minimum atomic E-state index is -0.669. The van der Waals surface area contributed by atoms with Crippen molar-refractivity contribution in [2.75, 3.05) is 16.8 Å². The lowest BCUT2D eigenvalue weighted by Gasteiger charge is -2.28.